The third-order valence-electron chi connectivity index (χ3n) is 3.94. The molecule has 1 saturated heterocycles. The lowest BCUT2D eigenvalue weighted by Gasteiger charge is -2.38. The first kappa shape index (κ1) is 13.3. The van der Waals surface area contributed by atoms with E-state index in [0.29, 0.717) is 30.9 Å². The molecule has 20 heavy (non-hydrogen) atoms. The number of β-amino-alcohol motifs (C(OH)–C–C–N with tert-alkyl or cyclic N) is 1. The molecule has 2 atom stereocenters. The Labute approximate surface area is 116 Å². The van der Waals surface area contributed by atoms with Gasteiger partial charge in [0.2, 0.25) is 0 Å². The quantitative estimate of drug-likeness (QED) is 0.722. The van der Waals surface area contributed by atoms with Gasteiger partial charge in [0, 0.05) is 24.3 Å². The molecule has 0 spiro atoms. The molecule has 108 valence electrons. The van der Waals surface area contributed by atoms with Crippen LogP contribution in [-0.4, -0.2) is 34.8 Å². The van der Waals surface area contributed by atoms with Crippen molar-refractivity contribution in [3.05, 3.63) is 23.5 Å². The molecule has 2 aliphatic rings. The monoisotopic (exact) mass is 280 g/mol. The van der Waals surface area contributed by atoms with E-state index in [2.05, 4.69) is 5.32 Å². The Morgan fingerprint density at radius 2 is 2.25 bits per heavy atom. The molecule has 0 bridgehead atoms. The second kappa shape index (κ2) is 4.43. The van der Waals surface area contributed by atoms with Crippen LogP contribution in [0, 0.1) is 5.82 Å². The van der Waals surface area contributed by atoms with Crippen molar-refractivity contribution in [2.75, 3.05) is 23.3 Å². The topological polar surface area (TPSA) is 72.8 Å². The molecule has 5 nitrogen and oxygen atoms in total. The third kappa shape index (κ3) is 2.14. The number of rotatable bonds is 1. The number of nitrogens with zero attached hydrogens (tertiary/aromatic N) is 1. The fourth-order valence-corrected chi connectivity index (χ4v) is 2.92. The summed E-state index contributed by atoms with van der Waals surface area (Å²) < 4.78 is 14.2. The van der Waals surface area contributed by atoms with Crippen LogP contribution in [0.15, 0.2) is 12.1 Å². The van der Waals surface area contributed by atoms with Gasteiger partial charge in [-0.15, -0.1) is 0 Å². The highest BCUT2D eigenvalue weighted by Crippen LogP contribution is 2.37. The maximum Gasteiger partial charge on any atom is 0.257 e. The summed E-state index contributed by atoms with van der Waals surface area (Å²) in [5.41, 5.74) is 0.203. The molecule has 0 aromatic heterocycles. The first-order valence-corrected chi connectivity index (χ1v) is 6.67. The van der Waals surface area contributed by atoms with Crippen LogP contribution in [0.2, 0.25) is 0 Å². The van der Waals surface area contributed by atoms with Gasteiger partial charge >= 0.3 is 0 Å². The van der Waals surface area contributed by atoms with Gasteiger partial charge < -0.3 is 20.4 Å². The summed E-state index contributed by atoms with van der Waals surface area (Å²) in [6.07, 6.45) is 0.155. The minimum absolute atomic E-state index is 0.264. The Bertz CT molecular complexity index is 574. The normalized spacial score (nSPS) is 29.3. The number of carbonyl (C=O) groups excluding carboxylic acids is 1. The number of aliphatic hydroxyl groups is 2. The summed E-state index contributed by atoms with van der Waals surface area (Å²) in [7, 11) is 0. The summed E-state index contributed by atoms with van der Waals surface area (Å²) in [6.45, 7) is 2.73. The average molecular weight is 280 g/mol. The number of hydrogen-bond donors (Lipinski definition) is 3. The Hall–Kier alpha value is -1.66. The highest BCUT2D eigenvalue weighted by atomic mass is 19.1. The number of anilines is 2. The average Bonchev–Trinajstić information content (AvgIpc) is 2.63. The Morgan fingerprint density at radius 1 is 1.50 bits per heavy atom. The lowest BCUT2D eigenvalue weighted by atomic mass is 9.94. The maximum absolute atomic E-state index is 14.2. The molecule has 2 unspecified atom stereocenters. The zero-order chi connectivity index (χ0) is 14.5. The van der Waals surface area contributed by atoms with E-state index in [1.54, 1.807) is 11.8 Å². The lowest BCUT2D eigenvalue weighted by molar-refractivity contribution is -0.123. The summed E-state index contributed by atoms with van der Waals surface area (Å²) in [6, 6.07) is 2.72. The Kier molecular flexibility index (Phi) is 2.95. The fraction of sp³-hybridized carbons (Fsp3) is 0.500. The minimum atomic E-state index is -1.31. The van der Waals surface area contributed by atoms with E-state index in [0.717, 1.165) is 6.42 Å². The molecule has 3 N–H and O–H groups in total. The number of benzene rings is 1. The summed E-state index contributed by atoms with van der Waals surface area (Å²) in [5, 5.41) is 22.3. The Balaban J connectivity index is 1.96. The van der Waals surface area contributed by atoms with Crippen LogP contribution in [0.4, 0.5) is 15.8 Å². The van der Waals surface area contributed by atoms with Crippen molar-refractivity contribution in [2.45, 2.75) is 31.5 Å². The van der Waals surface area contributed by atoms with Crippen molar-refractivity contribution in [2.24, 2.45) is 0 Å². The van der Waals surface area contributed by atoms with E-state index in [-0.39, 0.29) is 5.56 Å². The van der Waals surface area contributed by atoms with Gasteiger partial charge in [-0.3, -0.25) is 4.79 Å². The molecule has 1 amide bonds. The number of aliphatic hydroxyl groups excluding tert-OH is 1. The zero-order valence-corrected chi connectivity index (χ0v) is 11.2. The molecule has 0 saturated carbocycles. The van der Waals surface area contributed by atoms with E-state index in [4.69, 9.17) is 0 Å². The second-order valence-corrected chi connectivity index (χ2v) is 5.80. The van der Waals surface area contributed by atoms with E-state index in [1.807, 2.05) is 0 Å². The van der Waals surface area contributed by atoms with Gasteiger partial charge in [-0.2, -0.15) is 0 Å². The van der Waals surface area contributed by atoms with Crippen LogP contribution in [-0.2, 0) is 4.79 Å². The van der Waals surface area contributed by atoms with Crippen molar-refractivity contribution >= 4 is 17.3 Å². The lowest BCUT2D eigenvalue weighted by Crippen LogP contribution is -2.46. The molecule has 3 rings (SSSR count). The van der Waals surface area contributed by atoms with Crippen molar-refractivity contribution in [3.8, 4) is 0 Å². The minimum Gasteiger partial charge on any atom is -0.388 e. The number of hydrogen-bond acceptors (Lipinski definition) is 4. The van der Waals surface area contributed by atoms with Crippen molar-refractivity contribution in [1.82, 2.24) is 0 Å². The molecule has 1 fully saturated rings. The van der Waals surface area contributed by atoms with Crippen LogP contribution in [0.5, 0.6) is 0 Å². The van der Waals surface area contributed by atoms with Crippen LogP contribution in [0.3, 0.4) is 0 Å². The van der Waals surface area contributed by atoms with Gasteiger partial charge in [0.05, 0.1) is 11.3 Å². The number of carbonyl (C=O) groups is 1. The van der Waals surface area contributed by atoms with Gasteiger partial charge in [0.15, 0.2) is 6.10 Å². The van der Waals surface area contributed by atoms with Crippen LogP contribution < -0.4 is 10.2 Å². The highest BCUT2D eigenvalue weighted by Gasteiger charge is 2.33. The molecule has 1 aromatic carbocycles. The molecule has 0 radical (unpaired) electrons. The molecule has 2 heterocycles. The van der Waals surface area contributed by atoms with E-state index < -0.39 is 23.4 Å². The van der Waals surface area contributed by atoms with Gasteiger partial charge in [-0.25, -0.2) is 4.39 Å². The molecule has 0 aliphatic carbocycles. The molecular formula is C14H17FN2O3. The number of piperidine rings is 1. The van der Waals surface area contributed by atoms with Gasteiger partial charge in [0.25, 0.3) is 5.91 Å². The van der Waals surface area contributed by atoms with E-state index in [9.17, 15) is 19.4 Å². The van der Waals surface area contributed by atoms with Crippen LogP contribution >= 0.6 is 0 Å². The Morgan fingerprint density at radius 3 is 2.95 bits per heavy atom. The standard InChI is InChI=1S/C14H17FN2O3/c1-14(20)3-2-4-17(7-14)11-6-10-8(5-9(11)15)12(18)13(19)16-10/h5-6,12,18,20H,2-4,7H2,1H3,(H,16,19). The fourth-order valence-electron chi connectivity index (χ4n) is 2.92. The predicted molar refractivity (Wildman–Crippen MR) is 72.1 cm³/mol. The second-order valence-electron chi connectivity index (χ2n) is 5.80. The molecule has 2 aliphatic heterocycles. The molecule has 1 aromatic rings. The zero-order valence-electron chi connectivity index (χ0n) is 11.2. The van der Waals surface area contributed by atoms with Gasteiger partial charge in [-0.1, -0.05) is 0 Å². The van der Waals surface area contributed by atoms with E-state index >= 15 is 0 Å². The van der Waals surface area contributed by atoms with Crippen molar-refractivity contribution in [3.63, 3.8) is 0 Å². The molecule has 6 heteroatoms. The summed E-state index contributed by atoms with van der Waals surface area (Å²) in [4.78, 5) is 13.2. The van der Waals surface area contributed by atoms with E-state index in [1.165, 1.54) is 12.1 Å². The smallest absolute Gasteiger partial charge is 0.257 e. The van der Waals surface area contributed by atoms with Crippen molar-refractivity contribution in [1.29, 1.82) is 0 Å². The van der Waals surface area contributed by atoms with Crippen LogP contribution in [0.25, 0.3) is 0 Å². The highest BCUT2D eigenvalue weighted by molar-refractivity contribution is 6.02. The summed E-state index contributed by atoms with van der Waals surface area (Å²) >= 11 is 0. The number of fused-ring (bicyclic) bond motifs is 1. The SMILES string of the molecule is CC1(O)CCCN(c2cc3c(cc2F)C(O)C(=O)N3)C1. The number of nitrogens with one attached hydrogen (secondary N) is 1. The first-order valence-electron chi connectivity index (χ1n) is 6.67. The maximum atomic E-state index is 14.2. The predicted octanol–water partition coefficient (Wildman–Crippen LogP) is 1.16. The molecular weight excluding hydrogens is 263 g/mol. The van der Waals surface area contributed by atoms with Gasteiger partial charge in [0.1, 0.15) is 5.82 Å². The van der Waals surface area contributed by atoms with Crippen molar-refractivity contribution < 1.29 is 19.4 Å². The summed E-state index contributed by atoms with van der Waals surface area (Å²) in [5.74, 6) is -1.03. The van der Waals surface area contributed by atoms with Crippen LogP contribution in [0.1, 0.15) is 31.4 Å². The number of amides is 1. The van der Waals surface area contributed by atoms with Gasteiger partial charge in [-0.05, 0) is 31.9 Å². The first-order chi connectivity index (χ1) is 9.37. The third-order valence-corrected chi connectivity index (χ3v) is 3.94. The number of halogens is 1. The largest absolute Gasteiger partial charge is 0.388 e.